The summed E-state index contributed by atoms with van der Waals surface area (Å²) in [6.45, 7) is 1.74. The van der Waals surface area contributed by atoms with Gasteiger partial charge in [0.1, 0.15) is 22.8 Å². The lowest BCUT2D eigenvalue weighted by Crippen LogP contribution is -2.00. The maximum absolute atomic E-state index is 11.5. The number of hydrogen-bond acceptors (Lipinski definition) is 4. The molecule has 4 nitrogen and oxygen atoms in total. The Hall–Kier alpha value is -2.23. The van der Waals surface area contributed by atoms with Crippen molar-refractivity contribution in [2.75, 3.05) is 14.2 Å². The second kappa shape index (κ2) is 4.96. The van der Waals surface area contributed by atoms with Crippen molar-refractivity contribution < 1.29 is 18.7 Å². The van der Waals surface area contributed by atoms with Gasteiger partial charge in [0.15, 0.2) is 0 Å². The van der Waals surface area contributed by atoms with Gasteiger partial charge in [0.05, 0.1) is 14.2 Å². The standard InChI is InChI=1S/C14H14O4/c1-9-12(14(15)17-3)8-13(18-9)10-4-6-11(16-2)7-5-10/h4-8H,1-3H3. The summed E-state index contributed by atoms with van der Waals surface area (Å²) in [6, 6.07) is 9.11. The van der Waals surface area contributed by atoms with Crippen LogP contribution < -0.4 is 4.74 Å². The molecule has 1 aromatic heterocycles. The van der Waals surface area contributed by atoms with Crippen LogP contribution in [0.4, 0.5) is 0 Å². The third-order valence-electron chi connectivity index (χ3n) is 2.70. The fraction of sp³-hybridized carbons (Fsp3) is 0.214. The molecule has 1 heterocycles. The highest BCUT2D eigenvalue weighted by atomic mass is 16.5. The molecule has 0 fully saturated rings. The van der Waals surface area contributed by atoms with E-state index in [0.29, 0.717) is 17.1 Å². The van der Waals surface area contributed by atoms with Gasteiger partial charge in [-0.2, -0.15) is 0 Å². The fourth-order valence-corrected chi connectivity index (χ4v) is 1.69. The van der Waals surface area contributed by atoms with Crippen LogP contribution >= 0.6 is 0 Å². The summed E-state index contributed by atoms with van der Waals surface area (Å²) in [6.07, 6.45) is 0. The minimum absolute atomic E-state index is 0.393. The van der Waals surface area contributed by atoms with E-state index in [9.17, 15) is 4.79 Å². The lowest BCUT2D eigenvalue weighted by atomic mass is 10.1. The maximum atomic E-state index is 11.5. The smallest absolute Gasteiger partial charge is 0.341 e. The summed E-state index contributed by atoms with van der Waals surface area (Å²) in [5.41, 5.74) is 1.33. The Morgan fingerprint density at radius 2 is 1.83 bits per heavy atom. The first kappa shape index (κ1) is 12.2. The topological polar surface area (TPSA) is 48.7 Å². The van der Waals surface area contributed by atoms with Crippen LogP contribution in [0.15, 0.2) is 34.7 Å². The highest BCUT2D eigenvalue weighted by Gasteiger charge is 2.16. The molecule has 0 aliphatic carbocycles. The van der Waals surface area contributed by atoms with Crippen molar-refractivity contribution >= 4 is 5.97 Å². The van der Waals surface area contributed by atoms with Crippen molar-refractivity contribution in [3.63, 3.8) is 0 Å². The molecule has 0 spiro atoms. The molecular formula is C14H14O4. The van der Waals surface area contributed by atoms with Crippen LogP contribution in [-0.2, 0) is 4.74 Å². The van der Waals surface area contributed by atoms with Gasteiger partial charge in [0.2, 0.25) is 0 Å². The third kappa shape index (κ3) is 2.22. The van der Waals surface area contributed by atoms with Crippen molar-refractivity contribution in [3.8, 4) is 17.1 Å². The normalized spacial score (nSPS) is 10.2. The van der Waals surface area contributed by atoms with E-state index in [2.05, 4.69) is 4.74 Å². The van der Waals surface area contributed by atoms with Gasteiger partial charge < -0.3 is 13.9 Å². The molecule has 0 amide bonds. The summed E-state index contributed by atoms with van der Waals surface area (Å²) in [4.78, 5) is 11.5. The van der Waals surface area contributed by atoms with Crippen molar-refractivity contribution in [2.45, 2.75) is 6.92 Å². The zero-order valence-electron chi connectivity index (χ0n) is 10.5. The van der Waals surface area contributed by atoms with Crippen molar-refractivity contribution in [2.24, 2.45) is 0 Å². The Balaban J connectivity index is 2.36. The van der Waals surface area contributed by atoms with Gasteiger partial charge in [-0.3, -0.25) is 0 Å². The molecule has 0 radical (unpaired) electrons. The molecule has 94 valence electrons. The minimum Gasteiger partial charge on any atom is -0.497 e. The van der Waals surface area contributed by atoms with Gasteiger partial charge in [-0.25, -0.2) is 4.79 Å². The minimum atomic E-state index is -0.393. The molecule has 0 aliphatic rings. The largest absolute Gasteiger partial charge is 0.497 e. The van der Waals surface area contributed by atoms with E-state index in [4.69, 9.17) is 9.15 Å². The summed E-state index contributed by atoms with van der Waals surface area (Å²) < 4.78 is 15.3. The number of rotatable bonds is 3. The molecule has 0 bridgehead atoms. The molecule has 0 unspecified atom stereocenters. The molecule has 2 rings (SSSR count). The van der Waals surface area contributed by atoms with Crippen LogP contribution in [-0.4, -0.2) is 20.2 Å². The first-order chi connectivity index (χ1) is 8.65. The molecule has 0 aliphatic heterocycles. The van der Waals surface area contributed by atoms with Crippen molar-refractivity contribution in [1.29, 1.82) is 0 Å². The molecule has 4 heteroatoms. The Bertz CT molecular complexity index is 552. The van der Waals surface area contributed by atoms with Crippen molar-refractivity contribution in [3.05, 3.63) is 41.7 Å². The van der Waals surface area contributed by atoms with Crippen LogP contribution in [0.3, 0.4) is 0 Å². The third-order valence-corrected chi connectivity index (χ3v) is 2.70. The van der Waals surface area contributed by atoms with E-state index in [0.717, 1.165) is 11.3 Å². The van der Waals surface area contributed by atoms with Crippen molar-refractivity contribution in [1.82, 2.24) is 0 Å². The first-order valence-corrected chi connectivity index (χ1v) is 5.49. The van der Waals surface area contributed by atoms with Crippen LogP contribution in [0.2, 0.25) is 0 Å². The SMILES string of the molecule is COC(=O)c1cc(-c2ccc(OC)cc2)oc1C. The lowest BCUT2D eigenvalue weighted by Gasteiger charge is -2.00. The van der Waals surface area contributed by atoms with Crippen LogP contribution in [0.1, 0.15) is 16.1 Å². The molecule has 1 aromatic carbocycles. The van der Waals surface area contributed by atoms with E-state index in [1.807, 2.05) is 24.3 Å². The highest BCUT2D eigenvalue weighted by Crippen LogP contribution is 2.27. The van der Waals surface area contributed by atoms with Gasteiger partial charge in [0.25, 0.3) is 0 Å². The monoisotopic (exact) mass is 246 g/mol. The quantitative estimate of drug-likeness (QED) is 0.781. The van der Waals surface area contributed by atoms with E-state index in [1.165, 1.54) is 7.11 Å². The van der Waals surface area contributed by atoms with E-state index in [1.54, 1.807) is 20.1 Å². The predicted molar refractivity (Wildman–Crippen MR) is 66.8 cm³/mol. The molecule has 0 N–H and O–H groups in total. The Morgan fingerprint density at radius 1 is 1.17 bits per heavy atom. The lowest BCUT2D eigenvalue weighted by molar-refractivity contribution is 0.0599. The summed E-state index contributed by atoms with van der Waals surface area (Å²) in [5.74, 6) is 1.56. The number of aryl methyl sites for hydroxylation is 1. The van der Waals surface area contributed by atoms with Gasteiger partial charge >= 0.3 is 5.97 Å². The van der Waals surface area contributed by atoms with Gasteiger partial charge in [-0.05, 0) is 37.3 Å². The van der Waals surface area contributed by atoms with Gasteiger partial charge in [-0.1, -0.05) is 0 Å². The fourth-order valence-electron chi connectivity index (χ4n) is 1.69. The second-order valence-electron chi connectivity index (χ2n) is 3.80. The Morgan fingerprint density at radius 3 is 2.39 bits per heavy atom. The van der Waals surface area contributed by atoms with E-state index >= 15 is 0 Å². The summed E-state index contributed by atoms with van der Waals surface area (Å²) in [7, 11) is 2.96. The molecule has 18 heavy (non-hydrogen) atoms. The number of esters is 1. The number of hydrogen-bond donors (Lipinski definition) is 0. The summed E-state index contributed by atoms with van der Waals surface area (Å²) in [5, 5.41) is 0. The number of benzene rings is 1. The number of carbonyl (C=O) groups excluding carboxylic acids is 1. The molecule has 0 saturated carbocycles. The number of furan rings is 1. The number of ether oxygens (including phenoxy) is 2. The highest BCUT2D eigenvalue weighted by molar-refractivity contribution is 5.91. The number of methoxy groups -OCH3 is 2. The van der Waals surface area contributed by atoms with Gasteiger partial charge in [0, 0.05) is 5.56 Å². The Kier molecular flexibility index (Phi) is 3.37. The predicted octanol–water partition coefficient (Wildman–Crippen LogP) is 3.05. The average Bonchev–Trinajstić information content (AvgIpc) is 2.80. The average molecular weight is 246 g/mol. The van der Waals surface area contributed by atoms with Gasteiger partial charge in [-0.15, -0.1) is 0 Å². The molecular weight excluding hydrogens is 232 g/mol. The molecule has 0 saturated heterocycles. The first-order valence-electron chi connectivity index (χ1n) is 5.49. The zero-order chi connectivity index (χ0) is 13.1. The molecule has 0 atom stereocenters. The van der Waals surface area contributed by atoms with Crippen LogP contribution in [0.5, 0.6) is 5.75 Å². The Labute approximate surface area is 105 Å². The summed E-state index contributed by atoms with van der Waals surface area (Å²) >= 11 is 0. The van der Waals surface area contributed by atoms with E-state index in [-0.39, 0.29) is 0 Å². The van der Waals surface area contributed by atoms with Crippen LogP contribution in [0.25, 0.3) is 11.3 Å². The van der Waals surface area contributed by atoms with Crippen LogP contribution in [0, 0.1) is 6.92 Å². The zero-order valence-corrected chi connectivity index (χ0v) is 10.5. The van der Waals surface area contributed by atoms with E-state index < -0.39 is 5.97 Å². The maximum Gasteiger partial charge on any atom is 0.341 e. The second-order valence-corrected chi connectivity index (χ2v) is 3.80. The molecule has 2 aromatic rings. The number of carbonyl (C=O) groups is 1.